The van der Waals surface area contributed by atoms with Crippen LogP contribution in [0.4, 0.5) is 8.78 Å². The summed E-state index contributed by atoms with van der Waals surface area (Å²) >= 11 is 0. The zero-order valence-electron chi connectivity index (χ0n) is 15.4. The summed E-state index contributed by atoms with van der Waals surface area (Å²) in [6, 6.07) is 12.0. The quantitative estimate of drug-likeness (QED) is 0.649. The van der Waals surface area contributed by atoms with E-state index in [9.17, 15) is 22.3 Å². The van der Waals surface area contributed by atoms with E-state index in [4.69, 9.17) is 0 Å². The lowest BCUT2D eigenvalue weighted by Gasteiger charge is -2.30. The first-order valence-corrected chi connectivity index (χ1v) is 11.0. The van der Waals surface area contributed by atoms with Crippen molar-refractivity contribution < 1.29 is 22.3 Å². The number of nitrogens with one attached hydrogen (secondary N) is 1. The summed E-state index contributed by atoms with van der Waals surface area (Å²) in [6.45, 7) is 1.55. The second-order valence-corrected chi connectivity index (χ2v) is 9.23. The minimum atomic E-state index is -3.32. The van der Waals surface area contributed by atoms with Crippen molar-refractivity contribution in [1.82, 2.24) is 10.2 Å². The van der Waals surface area contributed by atoms with E-state index in [-0.39, 0.29) is 29.7 Å². The van der Waals surface area contributed by atoms with E-state index in [0.29, 0.717) is 25.2 Å². The molecule has 0 radical (unpaired) electrons. The summed E-state index contributed by atoms with van der Waals surface area (Å²) in [5.41, 5.74) is 1.24. The van der Waals surface area contributed by atoms with Gasteiger partial charge in [0.1, 0.15) is 11.6 Å². The van der Waals surface area contributed by atoms with E-state index in [1.54, 1.807) is 35.2 Å². The van der Waals surface area contributed by atoms with Gasteiger partial charge in [0.05, 0.1) is 23.7 Å². The van der Waals surface area contributed by atoms with Crippen molar-refractivity contribution in [2.45, 2.75) is 25.2 Å². The topological polar surface area (TPSA) is 69.6 Å². The third-order valence-corrected chi connectivity index (χ3v) is 6.59. The Balaban J connectivity index is 1.65. The number of sulfone groups is 1. The lowest BCUT2D eigenvalue weighted by molar-refractivity contribution is 0.0779. The normalized spacial score (nSPS) is 21.3. The van der Waals surface area contributed by atoms with Crippen molar-refractivity contribution in [3.05, 3.63) is 71.3 Å². The van der Waals surface area contributed by atoms with Gasteiger partial charge in [0.25, 0.3) is 0 Å². The van der Waals surface area contributed by atoms with E-state index in [0.717, 1.165) is 5.56 Å². The Kier molecular flexibility index (Phi) is 6.77. The van der Waals surface area contributed by atoms with Gasteiger partial charge in [-0.1, -0.05) is 30.3 Å². The van der Waals surface area contributed by atoms with Crippen molar-refractivity contribution in [3.63, 3.8) is 0 Å². The maximum Gasteiger partial charge on any atom is 0.154 e. The van der Waals surface area contributed by atoms with E-state index in [1.165, 1.54) is 18.2 Å². The largest absolute Gasteiger partial charge is 0.390 e. The highest BCUT2D eigenvalue weighted by Crippen LogP contribution is 2.21. The Bertz CT molecular complexity index is 908. The monoisotopic (exact) mass is 410 g/mol. The lowest BCUT2D eigenvalue weighted by atomic mass is 10.1. The van der Waals surface area contributed by atoms with Crippen LogP contribution in [0.3, 0.4) is 0 Å². The number of benzene rings is 2. The van der Waals surface area contributed by atoms with Gasteiger partial charge in [0.15, 0.2) is 9.84 Å². The molecule has 8 heteroatoms. The summed E-state index contributed by atoms with van der Waals surface area (Å²) in [7, 11) is -3.32. The molecular formula is C20H24F2N2O3S. The smallest absolute Gasteiger partial charge is 0.154 e. The maximum atomic E-state index is 14.1. The molecule has 5 nitrogen and oxygen atoms in total. The zero-order chi connectivity index (χ0) is 20.1. The van der Waals surface area contributed by atoms with Gasteiger partial charge in [-0.25, -0.2) is 17.2 Å². The average molecular weight is 410 g/mol. The van der Waals surface area contributed by atoms with E-state index >= 15 is 0 Å². The number of aliphatic hydroxyl groups excluding tert-OH is 1. The summed E-state index contributed by atoms with van der Waals surface area (Å²) < 4.78 is 51.1. The van der Waals surface area contributed by atoms with Crippen molar-refractivity contribution >= 4 is 9.84 Å². The van der Waals surface area contributed by atoms with E-state index < -0.39 is 22.0 Å². The number of hydrogen-bond acceptors (Lipinski definition) is 5. The molecule has 0 spiro atoms. The highest BCUT2D eigenvalue weighted by molar-refractivity contribution is 7.91. The Morgan fingerprint density at radius 2 is 1.89 bits per heavy atom. The van der Waals surface area contributed by atoms with Gasteiger partial charge in [-0.3, -0.25) is 4.90 Å². The maximum absolute atomic E-state index is 14.1. The fourth-order valence-corrected chi connectivity index (χ4v) is 5.30. The molecule has 1 fully saturated rings. The molecule has 1 aliphatic heterocycles. The fourth-order valence-electron chi connectivity index (χ4n) is 3.47. The molecule has 0 aliphatic carbocycles. The Hall–Kier alpha value is -1.87. The average Bonchev–Trinajstić information content (AvgIpc) is 2.92. The van der Waals surface area contributed by atoms with Gasteiger partial charge in [0, 0.05) is 31.7 Å². The van der Waals surface area contributed by atoms with Crippen LogP contribution in [-0.2, 0) is 22.9 Å². The first-order chi connectivity index (χ1) is 13.3. The standard InChI is InChI=1S/C20H24F2N2O3S/c21-17-6-3-4-15(10-17)11-23-8-9-24(12-16-5-1-2-7-18(16)22)19-13-28(26,27)14-20(19)25/h1-7,10,19-20,23,25H,8-9,11-14H2/t19-,20+/m0/s1. The van der Waals surface area contributed by atoms with Crippen LogP contribution in [0.1, 0.15) is 11.1 Å². The molecule has 28 heavy (non-hydrogen) atoms. The van der Waals surface area contributed by atoms with Crippen LogP contribution in [0.15, 0.2) is 48.5 Å². The molecule has 2 aromatic carbocycles. The summed E-state index contributed by atoms with van der Waals surface area (Å²) in [4.78, 5) is 1.80. The first kappa shape index (κ1) is 20.9. The molecule has 2 N–H and O–H groups in total. The van der Waals surface area contributed by atoms with E-state index in [2.05, 4.69) is 5.32 Å². The van der Waals surface area contributed by atoms with Gasteiger partial charge in [-0.05, 0) is 23.8 Å². The summed E-state index contributed by atoms with van der Waals surface area (Å²) in [5.74, 6) is -1.09. The van der Waals surface area contributed by atoms with Gasteiger partial charge in [-0.2, -0.15) is 0 Å². The third kappa shape index (κ3) is 5.57. The minimum Gasteiger partial charge on any atom is -0.390 e. The molecule has 2 atom stereocenters. The number of hydrogen-bond donors (Lipinski definition) is 2. The van der Waals surface area contributed by atoms with Crippen molar-refractivity contribution in [3.8, 4) is 0 Å². The summed E-state index contributed by atoms with van der Waals surface area (Å²) in [5, 5.41) is 13.4. The minimum absolute atomic E-state index is 0.146. The van der Waals surface area contributed by atoms with Gasteiger partial charge in [-0.15, -0.1) is 0 Å². The van der Waals surface area contributed by atoms with Crippen LogP contribution in [0, 0.1) is 11.6 Å². The van der Waals surface area contributed by atoms with Crippen LogP contribution in [0.2, 0.25) is 0 Å². The molecule has 0 unspecified atom stereocenters. The molecule has 1 aliphatic rings. The van der Waals surface area contributed by atoms with Crippen molar-refractivity contribution in [2.75, 3.05) is 24.6 Å². The second-order valence-electron chi connectivity index (χ2n) is 7.08. The lowest BCUT2D eigenvalue weighted by Crippen LogP contribution is -2.45. The number of rotatable bonds is 8. The SMILES string of the molecule is O=S1(=O)C[C@@H](O)[C@@H](N(CCNCc2cccc(F)c2)Cc2ccccc2F)C1. The molecule has 1 saturated heterocycles. The van der Waals surface area contributed by atoms with Crippen LogP contribution in [-0.4, -0.2) is 55.2 Å². The first-order valence-electron chi connectivity index (χ1n) is 9.15. The molecule has 0 bridgehead atoms. The highest BCUT2D eigenvalue weighted by atomic mass is 32.2. The predicted octanol–water partition coefficient (Wildman–Crippen LogP) is 1.71. The third-order valence-electron chi connectivity index (χ3n) is 4.89. The number of nitrogens with zero attached hydrogens (tertiary/aromatic N) is 1. The zero-order valence-corrected chi connectivity index (χ0v) is 16.2. The van der Waals surface area contributed by atoms with Gasteiger partial charge < -0.3 is 10.4 Å². The molecule has 3 rings (SSSR count). The summed E-state index contributed by atoms with van der Waals surface area (Å²) in [6.07, 6.45) is -1.00. The Morgan fingerprint density at radius 1 is 1.11 bits per heavy atom. The van der Waals surface area contributed by atoms with Crippen LogP contribution in [0.25, 0.3) is 0 Å². The Morgan fingerprint density at radius 3 is 2.57 bits per heavy atom. The van der Waals surface area contributed by atoms with E-state index in [1.807, 2.05) is 0 Å². The predicted molar refractivity (Wildman–Crippen MR) is 103 cm³/mol. The van der Waals surface area contributed by atoms with Crippen molar-refractivity contribution in [2.24, 2.45) is 0 Å². The molecule has 1 heterocycles. The van der Waals surface area contributed by atoms with Crippen LogP contribution >= 0.6 is 0 Å². The highest BCUT2D eigenvalue weighted by Gasteiger charge is 2.39. The molecule has 0 saturated carbocycles. The fraction of sp³-hybridized carbons (Fsp3) is 0.400. The molecule has 152 valence electrons. The van der Waals surface area contributed by atoms with Crippen LogP contribution < -0.4 is 5.32 Å². The Labute approximate surface area is 163 Å². The molecular weight excluding hydrogens is 386 g/mol. The molecule has 0 aromatic heterocycles. The molecule has 2 aromatic rings. The van der Waals surface area contributed by atoms with Crippen molar-refractivity contribution in [1.29, 1.82) is 0 Å². The van der Waals surface area contributed by atoms with Crippen LogP contribution in [0.5, 0.6) is 0 Å². The number of aliphatic hydroxyl groups is 1. The molecule has 0 amide bonds. The second kappa shape index (κ2) is 9.09. The van der Waals surface area contributed by atoms with Gasteiger partial charge in [0.2, 0.25) is 0 Å². The number of halogens is 2. The van der Waals surface area contributed by atoms with Gasteiger partial charge >= 0.3 is 0 Å².